The molecule has 0 aliphatic rings. The van der Waals surface area contributed by atoms with Crippen LogP contribution >= 0.6 is 0 Å². The molecule has 0 aliphatic carbocycles. The zero-order chi connectivity index (χ0) is 8.74. The van der Waals surface area contributed by atoms with E-state index in [4.69, 9.17) is 9.47 Å². The third-order valence-corrected chi connectivity index (χ3v) is 1.27. The Hall–Kier alpha value is 0.880. The van der Waals surface area contributed by atoms with Gasteiger partial charge in [-0.25, -0.2) is 0 Å². The Kier molecular flexibility index (Phi) is 10.8. The molecule has 0 aromatic rings. The number of hydrogen-bond acceptors (Lipinski definition) is 3. The monoisotopic (exact) mass is 184 g/mol. The Morgan fingerprint density at radius 1 is 1.25 bits per heavy atom. The van der Waals surface area contributed by atoms with Crippen LogP contribution < -0.4 is 34.7 Å². The molecule has 1 atom stereocenters. The van der Waals surface area contributed by atoms with Crippen molar-refractivity contribution in [2.75, 3.05) is 13.2 Å². The van der Waals surface area contributed by atoms with E-state index in [1.54, 1.807) is 6.92 Å². The Morgan fingerprint density at radius 3 is 2.25 bits per heavy atom. The van der Waals surface area contributed by atoms with E-state index in [1.165, 1.54) is 6.92 Å². The molecule has 12 heavy (non-hydrogen) atoms. The molecule has 68 valence electrons. The molecule has 0 aliphatic heterocycles. The molecule has 3 nitrogen and oxygen atoms in total. The summed E-state index contributed by atoms with van der Waals surface area (Å²) in [5.41, 5.74) is 0. The number of unbranched alkanes of at least 4 members (excludes halogenated alkanes) is 1. The molecular formula is C8H17NaO3. The molecule has 0 amide bonds. The third-order valence-electron chi connectivity index (χ3n) is 1.27. The summed E-state index contributed by atoms with van der Waals surface area (Å²) in [7, 11) is 0. The molecule has 0 bridgehead atoms. The van der Waals surface area contributed by atoms with E-state index in [1.807, 2.05) is 6.92 Å². The third kappa shape index (κ3) is 8.97. The summed E-state index contributed by atoms with van der Waals surface area (Å²) in [6.45, 7) is 6.10. The van der Waals surface area contributed by atoms with Crippen LogP contribution in [-0.4, -0.2) is 19.2 Å². The molecule has 0 saturated heterocycles. The van der Waals surface area contributed by atoms with Crippen molar-refractivity contribution >= 4 is 0 Å². The average Bonchev–Trinajstić information content (AvgIpc) is 1.87. The van der Waals surface area contributed by atoms with Gasteiger partial charge in [0.1, 0.15) is 0 Å². The summed E-state index contributed by atoms with van der Waals surface area (Å²) in [5, 5.41) is 11.1. The molecule has 0 rings (SSSR count). The predicted molar refractivity (Wildman–Crippen MR) is 40.9 cm³/mol. The van der Waals surface area contributed by atoms with Gasteiger partial charge in [-0.05, 0) is 20.3 Å². The summed E-state index contributed by atoms with van der Waals surface area (Å²) in [5.74, 6) is -1.65. The Morgan fingerprint density at radius 2 is 1.83 bits per heavy atom. The zero-order valence-electron chi connectivity index (χ0n) is 8.55. The van der Waals surface area contributed by atoms with Crippen molar-refractivity contribution in [3.63, 3.8) is 0 Å². The number of hydrogen-bond donors (Lipinski definition) is 0. The molecule has 0 spiro atoms. The van der Waals surface area contributed by atoms with Gasteiger partial charge >= 0.3 is 29.6 Å². The first kappa shape index (κ1) is 15.4. The van der Waals surface area contributed by atoms with Crippen molar-refractivity contribution in [1.29, 1.82) is 0 Å². The van der Waals surface area contributed by atoms with Crippen molar-refractivity contribution in [1.82, 2.24) is 0 Å². The number of rotatable bonds is 6. The van der Waals surface area contributed by atoms with Crippen molar-refractivity contribution < 1.29 is 44.1 Å². The summed E-state index contributed by atoms with van der Waals surface area (Å²) < 4.78 is 9.73. The molecule has 0 radical (unpaired) electrons. The SMILES string of the molecule is CCCCOC(C)([O-])OCC.[Na+]. The van der Waals surface area contributed by atoms with Gasteiger partial charge in [0, 0.05) is 13.2 Å². The van der Waals surface area contributed by atoms with Crippen molar-refractivity contribution in [3.05, 3.63) is 0 Å². The maximum Gasteiger partial charge on any atom is 1.00 e. The van der Waals surface area contributed by atoms with Gasteiger partial charge in [-0.15, -0.1) is 0 Å². The normalized spacial score (nSPS) is 15.0. The van der Waals surface area contributed by atoms with Gasteiger partial charge in [0.25, 0.3) is 0 Å². The van der Waals surface area contributed by atoms with Crippen LogP contribution in [0.3, 0.4) is 0 Å². The minimum absolute atomic E-state index is 0. The molecular weight excluding hydrogens is 167 g/mol. The predicted octanol–water partition coefficient (Wildman–Crippen LogP) is -2.12. The van der Waals surface area contributed by atoms with E-state index >= 15 is 0 Å². The minimum Gasteiger partial charge on any atom is -0.807 e. The fourth-order valence-electron chi connectivity index (χ4n) is 0.706. The standard InChI is InChI=1S/C8H17O3.Na/c1-4-6-7-11-8(3,9)10-5-2;/h4-7H2,1-3H3;/q-1;+1. The van der Waals surface area contributed by atoms with E-state index in [0.717, 1.165) is 12.8 Å². The maximum atomic E-state index is 11.1. The second-order valence-corrected chi connectivity index (χ2v) is 2.50. The van der Waals surface area contributed by atoms with Crippen LogP contribution in [0.15, 0.2) is 0 Å². The van der Waals surface area contributed by atoms with Crippen molar-refractivity contribution in [3.8, 4) is 0 Å². The van der Waals surface area contributed by atoms with Gasteiger partial charge in [0.15, 0.2) is 0 Å². The van der Waals surface area contributed by atoms with Crippen LogP contribution in [0.25, 0.3) is 0 Å². The van der Waals surface area contributed by atoms with Crippen molar-refractivity contribution in [2.24, 2.45) is 0 Å². The van der Waals surface area contributed by atoms with Gasteiger partial charge < -0.3 is 14.6 Å². The summed E-state index contributed by atoms with van der Waals surface area (Å²) >= 11 is 0. The van der Waals surface area contributed by atoms with Gasteiger partial charge in [-0.3, -0.25) is 0 Å². The van der Waals surface area contributed by atoms with Gasteiger partial charge in [0.05, 0.1) is 5.97 Å². The Labute approximate surface area is 96.7 Å². The van der Waals surface area contributed by atoms with Crippen LogP contribution in [0.5, 0.6) is 0 Å². The maximum absolute atomic E-state index is 11.1. The molecule has 0 aromatic carbocycles. The molecule has 4 heteroatoms. The summed E-state index contributed by atoms with van der Waals surface area (Å²) in [6.07, 6.45) is 1.94. The van der Waals surface area contributed by atoms with Crippen LogP contribution in [0.1, 0.15) is 33.6 Å². The van der Waals surface area contributed by atoms with Crippen molar-refractivity contribution in [2.45, 2.75) is 39.6 Å². The second-order valence-electron chi connectivity index (χ2n) is 2.50. The average molecular weight is 184 g/mol. The van der Waals surface area contributed by atoms with Gasteiger partial charge in [-0.2, -0.15) is 0 Å². The smallest absolute Gasteiger partial charge is 0.807 e. The second kappa shape index (κ2) is 8.48. The first-order valence-corrected chi connectivity index (χ1v) is 4.10. The van der Waals surface area contributed by atoms with Crippen LogP contribution in [0.2, 0.25) is 0 Å². The molecule has 0 saturated carbocycles. The van der Waals surface area contributed by atoms with E-state index in [9.17, 15) is 5.11 Å². The van der Waals surface area contributed by atoms with E-state index in [2.05, 4.69) is 0 Å². The molecule has 1 unspecified atom stereocenters. The first-order chi connectivity index (χ1) is 5.12. The van der Waals surface area contributed by atoms with Crippen LogP contribution in [0, 0.1) is 0 Å². The fourth-order valence-corrected chi connectivity index (χ4v) is 0.706. The van der Waals surface area contributed by atoms with E-state index < -0.39 is 5.97 Å². The first-order valence-electron chi connectivity index (χ1n) is 4.10. The Bertz CT molecular complexity index is 96.3. The molecule has 0 N–H and O–H groups in total. The molecule has 0 aromatic heterocycles. The van der Waals surface area contributed by atoms with E-state index in [-0.39, 0.29) is 29.6 Å². The van der Waals surface area contributed by atoms with Crippen LogP contribution in [0.4, 0.5) is 0 Å². The number of ether oxygens (including phenoxy) is 2. The minimum atomic E-state index is -1.65. The van der Waals surface area contributed by atoms with Crippen LogP contribution in [-0.2, 0) is 9.47 Å². The Balaban J connectivity index is 0. The van der Waals surface area contributed by atoms with E-state index in [0.29, 0.717) is 13.2 Å². The molecule has 0 fully saturated rings. The zero-order valence-corrected chi connectivity index (χ0v) is 10.6. The summed E-state index contributed by atoms with van der Waals surface area (Å²) in [6, 6.07) is 0. The fraction of sp³-hybridized carbons (Fsp3) is 1.00. The molecule has 0 heterocycles. The van der Waals surface area contributed by atoms with Gasteiger partial charge in [-0.1, -0.05) is 13.3 Å². The topological polar surface area (TPSA) is 41.5 Å². The largest absolute Gasteiger partial charge is 1.00 e. The van der Waals surface area contributed by atoms with Gasteiger partial charge in [0.2, 0.25) is 0 Å². The summed E-state index contributed by atoms with van der Waals surface area (Å²) in [4.78, 5) is 0. The quantitative estimate of drug-likeness (QED) is 0.269.